The zero-order chi connectivity index (χ0) is 46.3. The molecule has 0 saturated heterocycles. The molecule has 17 heteroatoms. The number of hydrogen-bond acceptors (Lipinski definition) is 12. The number of carbonyl (C=O) groups excluding carboxylic acids is 6. The average Bonchev–Trinajstić information content (AvgIpc) is 3.62. The van der Waals surface area contributed by atoms with Crippen molar-refractivity contribution < 1.29 is 43.0 Å². The van der Waals surface area contributed by atoms with Crippen molar-refractivity contribution in [2.75, 3.05) is 11.9 Å². The number of para-hydroxylation sites is 1. The molecule has 2 aliphatic heterocycles. The van der Waals surface area contributed by atoms with Crippen molar-refractivity contribution in [3.8, 4) is 11.4 Å². The van der Waals surface area contributed by atoms with Gasteiger partial charge in [-0.15, -0.1) is 0 Å². The van der Waals surface area contributed by atoms with Crippen molar-refractivity contribution in [1.29, 1.82) is 0 Å². The van der Waals surface area contributed by atoms with Gasteiger partial charge in [0, 0.05) is 59.8 Å². The summed E-state index contributed by atoms with van der Waals surface area (Å²) in [5.41, 5.74) is 12.7. The molecular formula is C47H55N7O10. The molecule has 0 saturated carbocycles. The fourth-order valence-corrected chi connectivity index (χ4v) is 7.96. The summed E-state index contributed by atoms with van der Waals surface area (Å²) in [7, 11) is 0. The smallest absolute Gasteiger partial charge is 0.457 e. The number of ether oxygens (including phenoxy) is 3. The van der Waals surface area contributed by atoms with Crippen LogP contribution in [0.1, 0.15) is 95.4 Å². The Morgan fingerprint density at radius 2 is 1.70 bits per heavy atom. The molecule has 0 fully saturated rings. The minimum absolute atomic E-state index is 0.0442. The molecule has 17 nitrogen and oxygen atoms in total. The zero-order valence-electron chi connectivity index (χ0n) is 36.7. The molecule has 338 valence electrons. The lowest BCUT2D eigenvalue weighted by Gasteiger charge is -2.35. The number of fused-ring (bicyclic) bond motifs is 5. The third-order valence-corrected chi connectivity index (χ3v) is 11.6. The molecule has 0 unspecified atom stereocenters. The van der Waals surface area contributed by atoms with Gasteiger partial charge >= 0.3 is 12.1 Å². The number of cyclic esters (lactones) is 1. The molecular weight excluding hydrogens is 823 g/mol. The monoisotopic (exact) mass is 877 g/mol. The van der Waals surface area contributed by atoms with Gasteiger partial charge in [0.05, 0.1) is 35.1 Å². The van der Waals surface area contributed by atoms with Crippen LogP contribution >= 0.6 is 0 Å². The fourth-order valence-electron chi connectivity index (χ4n) is 7.96. The lowest BCUT2D eigenvalue weighted by atomic mass is 9.85. The number of amides is 2. The maximum atomic E-state index is 13.9. The van der Waals surface area contributed by atoms with Crippen molar-refractivity contribution >= 4 is 58.1 Å². The highest BCUT2D eigenvalue weighted by atomic mass is 16.7. The summed E-state index contributed by atoms with van der Waals surface area (Å²) >= 11 is 0. The van der Waals surface area contributed by atoms with Gasteiger partial charge in [-0.05, 0) is 61.1 Å². The first-order chi connectivity index (χ1) is 30.5. The number of aliphatic imine (C=N–C) groups is 1. The molecule has 2 aromatic carbocycles. The van der Waals surface area contributed by atoms with E-state index in [2.05, 4.69) is 15.6 Å². The van der Waals surface area contributed by atoms with Gasteiger partial charge in [-0.2, -0.15) is 0 Å². The molecule has 2 aliphatic rings. The Kier molecular flexibility index (Phi) is 14.6. The largest absolute Gasteiger partial charge is 0.510 e. The van der Waals surface area contributed by atoms with Crippen molar-refractivity contribution in [2.24, 2.45) is 34.2 Å². The third-order valence-electron chi connectivity index (χ3n) is 11.6. The van der Waals surface area contributed by atoms with Crippen molar-refractivity contribution in [1.82, 2.24) is 14.9 Å². The van der Waals surface area contributed by atoms with Crippen LogP contribution in [-0.4, -0.2) is 63.6 Å². The molecule has 64 heavy (non-hydrogen) atoms. The van der Waals surface area contributed by atoms with Gasteiger partial charge in [-0.3, -0.25) is 29.0 Å². The van der Waals surface area contributed by atoms with Gasteiger partial charge < -0.3 is 40.9 Å². The van der Waals surface area contributed by atoms with E-state index in [0.29, 0.717) is 29.1 Å². The Morgan fingerprint density at radius 3 is 2.39 bits per heavy atom. The van der Waals surface area contributed by atoms with Crippen LogP contribution in [0, 0.1) is 17.8 Å². The fraction of sp³-hybridized carbons (Fsp3) is 0.426. The molecule has 3 atom stereocenters. The van der Waals surface area contributed by atoms with E-state index in [1.807, 2.05) is 30.3 Å². The van der Waals surface area contributed by atoms with Crippen LogP contribution in [0.25, 0.3) is 22.3 Å². The highest BCUT2D eigenvalue weighted by Crippen LogP contribution is 2.41. The standard InChI is InChI=1S/C47H55N7O10/c1-6-47(34-22-36-41-31(20-29-10-7-8-12-35(29)52-41)23-54(36)43(59)33(34)25-62-44(47)60)64-46(61)63-24-28-13-15-32(16-14-28)51-42(58)30(11-9-19-50-45(48)49)21-38(56)40(27(4)5)53-39(57)18-17-37(55)26(2)3/h7-8,10,12-16,20,22,26-27,30,40H,6,9,11,17-19,21,23-25H2,1-5H3,(H,51,58)(H,53,57)(H4,48,49,50)/t30-,40+,47+/m1/s1. The highest BCUT2D eigenvalue weighted by Gasteiger charge is 2.51. The average molecular weight is 878 g/mol. The number of anilines is 1. The molecule has 0 spiro atoms. The Morgan fingerprint density at radius 1 is 0.969 bits per heavy atom. The molecule has 4 heterocycles. The minimum atomic E-state index is -1.96. The van der Waals surface area contributed by atoms with Crippen LogP contribution < -0.4 is 27.7 Å². The second-order valence-corrected chi connectivity index (χ2v) is 16.8. The normalized spacial score (nSPS) is 15.9. The second kappa shape index (κ2) is 20.1. The first kappa shape index (κ1) is 46.6. The molecule has 4 aromatic rings. The van der Waals surface area contributed by atoms with Crippen LogP contribution in [0.2, 0.25) is 0 Å². The van der Waals surface area contributed by atoms with Gasteiger partial charge in [0.1, 0.15) is 19.0 Å². The van der Waals surface area contributed by atoms with Crippen molar-refractivity contribution in [2.45, 2.75) is 105 Å². The first-order valence-corrected chi connectivity index (χ1v) is 21.5. The van der Waals surface area contributed by atoms with Crippen molar-refractivity contribution in [3.05, 3.63) is 93.3 Å². The summed E-state index contributed by atoms with van der Waals surface area (Å²) in [6.45, 7) is 8.73. The zero-order valence-corrected chi connectivity index (χ0v) is 36.7. The number of pyridine rings is 2. The molecule has 2 amide bonds. The molecule has 0 radical (unpaired) electrons. The Bertz CT molecular complexity index is 2550. The number of Topliss-reactive ketones (excluding diaryl/α,β-unsaturated/α-hetero) is 2. The molecule has 0 aliphatic carbocycles. The molecule has 0 bridgehead atoms. The number of nitrogens with one attached hydrogen (secondary N) is 2. The van der Waals surface area contributed by atoms with Gasteiger partial charge in [0.25, 0.3) is 5.56 Å². The Balaban J connectivity index is 1.11. The summed E-state index contributed by atoms with van der Waals surface area (Å²) in [6.07, 6.45) is -0.700. The number of aromatic nitrogens is 2. The highest BCUT2D eigenvalue weighted by molar-refractivity contribution is 5.98. The lowest BCUT2D eigenvalue weighted by Crippen LogP contribution is -2.47. The Hall–Kier alpha value is -6.91. The van der Waals surface area contributed by atoms with Crippen LogP contribution in [0.4, 0.5) is 10.5 Å². The van der Waals surface area contributed by atoms with Crippen LogP contribution in [-0.2, 0) is 63.5 Å². The van der Waals surface area contributed by atoms with Crippen molar-refractivity contribution in [3.63, 3.8) is 0 Å². The molecule has 6 rings (SSSR count). The molecule has 6 N–H and O–H groups in total. The predicted molar refractivity (Wildman–Crippen MR) is 238 cm³/mol. The number of ketones is 2. The number of nitrogens with zero attached hydrogens (tertiary/aromatic N) is 3. The van der Waals surface area contributed by atoms with Gasteiger partial charge in [0.15, 0.2) is 11.7 Å². The number of esters is 1. The SMILES string of the molecule is CC[C@@]1(OC(=O)OCc2ccc(NC(=O)[C@H](CCCN=C(N)N)CC(=O)[C@@H](NC(=O)CCC(=O)C(C)C)C(C)C)cc2)C(=O)OCc2c1cc1n(c2=O)Cc2cc3ccccc3nc2-1. The number of benzene rings is 2. The quantitative estimate of drug-likeness (QED) is 0.0363. The van der Waals surface area contributed by atoms with E-state index in [1.165, 1.54) is 0 Å². The van der Waals surface area contributed by atoms with E-state index in [1.54, 1.807) is 69.5 Å². The van der Waals surface area contributed by atoms with Gasteiger partial charge in [-0.25, -0.2) is 14.6 Å². The summed E-state index contributed by atoms with van der Waals surface area (Å²) in [5.74, 6) is -3.46. The summed E-state index contributed by atoms with van der Waals surface area (Å²) in [6, 6.07) is 16.8. The number of rotatable bonds is 19. The van der Waals surface area contributed by atoms with E-state index in [4.69, 9.17) is 30.7 Å². The lowest BCUT2D eigenvalue weighted by molar-refractivity contribution is -0.175. The maximum absolute atomic E-state index is 13.9. The van der Waals surface area contributed by atoms with E-state index < -0.39 is 41.5 Å². The van der Waals surface area contributed by atoms with Gasteiger partial charge in [-0.1, -0.05) is 65.0 Å². The van der Waals surface area contributed by atoms with Crippen LogP contribution in [0.3, 0.4) is 0 Å². The third kappa shape index (κ3) is 10.5. The van der Waals surface area contributed by atoms with Crippen LogP contribution in [0.15, 0.2) is 70.5 Å². The van der Waals surface area contributed by atoms with E-state index in [0.717, 1.165) is 16.5 Å². The first-order valence-electron chi connectivity index (χ1n) is 21.5. The predicted octanol–water partition coefficient (Wildman–Crippen LogP) is 5.15. The summed E-state index contributed by atoms with van der Waals surface area (Å²) < 4.78 is 18.3. The maximum Gasteiger partial charge on any atom is 0.510 e. The van der Waals surface area contributed by atoms with E-state index >= 15 is 0 Å². The minimum Gasteiger partial charge on any atom is -0.457 e. The number of guanidine groups is 1. The topological polar surface area (TPSA) is 253 Å². The number of carbonyl (C=O) groups is 6. The molecule has 2 aromatic heterocycles. The van der Waals surface area contributed by atoms with E-state index in [9.17, 15) is 33.6 Å². The Labute approximate surface area is 370 Å². The summed E-state index contributed by atoms with van der Waals surface area (Å²) in [4.78, 5) is 102. The second-order valence-electron chi connectivity index (χ2n) is 16.8. The van der Waals surface area contributed by atoms with E-state index in [-0.39, 0.29) is 104 Å². The number of hydrogen-bond donors (Lipinski definition) is 4. The van der Waals surface area contributed by atoms with Crippen LogP contribution in [0.5, 0.6) is 0 Å². The van der Waals surface area contributed by atoms with Gasteiger partial charge in [0.2, 0.25) is 17.4 Å². The summed E-state index contributed by atoms with van der Waals surface area (Å²) in [5, 5.41) is 6.53. The number of nitrogens with two attached hydrogens (primary N) is 2.